The standard InChI is InChI=1S/C16H22F2O2/c1-4-12-6-7-14(9-13(12)5-2)16(17,18)10-11(3)8-15(19)20/h6-7,9,11H,4-5,8,10H2,1-3H3,(H,19,20). The second-order valence-electron chi connectivity index (χ2n) is 5.30. The lowest BCUT2D eigenvalue weighted by Crippen LogP contribution is -2.19. The molecule has 1 N–H and O–H groups in total. The number of halogens is 2. The van der Waals surface area contributed by atoms with Crippen molar-refractivity contribution >= 4 is 5.97 Å². The first kappa shape index (κ1) is 16.6. The second-order valence-corrected chi connectivity index (χ2v) is 5.30. The Morgan fingerprint density at radius 3 is 2.35 bits per heavy atom. The van der Waals surface area contributed by atoms with Crippen molar-refractivity contribution in [3.63, 3.8) is 0 Å². The van der Waals surface area contributed by atoms with Gasteiger partial charge in [-0.1, -0.05) is 32.9 Å². The maximum absolute atomic E-state index is 14.2. The summed E-state index contributed by atoms with van der Waals surface area (Å²) < 4.78 is 28.4. The summed E-state index contributed by atoms with van der Waals surface area (Å²) in [6.07, 6.45) is 0.874. The summed E-state index contributed by atoms with van der Waals surface area (Å²) in [6.45, 7) is 5.49. The van der Waals surface area contributed by atoms with Gasteiger partial charge in [0.2, 0.25) is 0 Å². The molecule has 0 aliphatic rings. The summed E-state index contributed by atoms with van der Waals surface area (Å²) >= 11 is 0. The SMILES string of the molecule is CCc1ccc(C(F)(F)CC(C)CC(=O)O)cc1CC. The molecule has 0 aliphatic heterocycles. The van der Waals surface area contributed by atoms with Crippen LogP contribution in [0.5, 0.6) is 0 Å². The van der Waals surface area contributed by atoms with Gasteiger partial charge in [-0.15, -0.1) is 0 Å². The van der Waals surface area contributed by atoms with Crippen LogP contribution in [-0.2, 0) is 23.6 Å². The van der Waals surface area contributed by atoms with Crippen molar-refractivity contribution in [1.82, 2.24) is 0 Å². The Balaban J connectivity index is 2.94. The normalized spacial score (nSPS) is 13.2. The van der Waals surface area contributed by atoms with E-state index in [0.717, 1.165) is 24.0 Å². The van der Waals surface area contributed by atoms with Gasteiger partial charge in [0.1, 0.15) is 0 Å². The molecular formula is C16H22F2O2. The topological polar surface area (TPSA) is 37.3 Å². The molecule has 4 heteroatoms. The Morgan fingerprint density at radius 2 is 1.85 bits per heavy atom. The molecule has 0 saturated heterocycles. The van der Waals surface area contributed by atoms with E-state index in [1.165, 1.54) is 6.07 Å². The fourth-order valence-electron chi connectivity index (χ4n) is 2.45. The molecule has 1 rings (SSSR count). The molecule has 20 heavy (non-hydrogen) atoms. The van der Waals surface area contributed by atoms with Crippen LogP contribution < -0.4 is 0 Å². The van der Waals surface area contributed by atoms with Crippen LogP contribution in [0, 0.1) is 5.92 Å². The third-order valence-electron chi connectivity index (χ3n) is 3.52. The van der Waals surface area contributed by atoms with E-state index in [-0.39, 0.29) is 12.0 Å². The zero-order valence-corrected chi connectivity index (χ0v) is 12.2. The highest BCUT2D eigenvalue weighted by Gasteiger charge is 2.34. The predicted octanol–water partition coefficient (Wildman–Crippen LogP) is 4.40. The maximum Gasteiger partial charge on any atom is 0.303 e. The number of carboxylic acid groups (broad SMARTS) is 1. The molecule has 0 heterocycles. The highest BCUT2D eigenvalue weighted by Crippen LogP contribution is 2.36. The molecule has 1 atom stereocenters. The number of hydrogen-bond donors (Lipinski definition) is 1. The van der Waals surface area contributed by atoms with Gasteiger partial charge in [0.25, 0.3) is 5.92 Å². The summed E-state index contributed by atoms with van der Waals surface area (Å²) in [7, 11) is 0. The van der Waals surface area contributed by atoms with Gasteiger partial charge in [-0.25, -0.2) is 8.78 Å². The lowest BCUT2D eigenvalue weighted by molar-refractivity contribution is -0.138. The van der Waals surface area contributed by atoms with Crippen molar-refractivity contribution in [2.24, 2.45) is 5.92 Å². The van der Waals surface area contributed by atoms with Gasteiger partial charge in [-0.05, 0) is 36.0 Å². The van der Waals surface area contributed by atoms with Crippen molar-refractivity contribution in [2.75, 3.05) is 0 Å². The van der Waals surface area contributed by atoms with E-state index < -0.39 is 24.2 Å². The molecule has 0 amide bonds. The lowest BCUT2D eigenvalue weighted by Gasteiger charge is -2.21. The van der Waals surface area contributed by atoms with Gasteiger partial charge >= 0.3 is 5.97 Å². The highest BCUT2D eigenvalue weighted by atomic mass is 19.3. The summed E-state index contributed by atoms with van der Waals surface area (Å²) in [5.41, 5.74) is 2.02. The number of aliphatic carboxylic acids is 1. The van der Waals surface area contributed by atoms with Crippen LogP contribution in [0.2, 0.25) is 0 Å². The molecule has 0 aliphatic carbocycles. The van der Waals surface area contributed by atoms with E-state index >= 15 is 0 Å². The molecule has 112 valence electrons. The summed E-state index contributed by atoms with van der Waals surface area (Å²) in [5, 5.41) is 8.66. The maximum atomic E-state index is 14.2. The lowest BCUT2D eigenvalue weighted by atomic mass is 9.92. The highest BCUT2D eigenvalue weighted by molar-refractivity contribution is 5.66. The van der Waals surface area contributed by atoms with E-state index in [1.54, 1.807) is 19.1 Å². The zero-order valence-electron chi connectivity index (χ0n) is 12.2. The molecule has 1 aromatic rings. The van der Waals surface area contributed by atoms with Crippen molar-refractivity contribution in [2.45, 2.75) is 52.4 Å². The van der Waals surface area contributed by atoms with Gasteiger partial charge < -0.3 is 5.11 Å². The van der Waals surface area contributed by atoms with Crippen LogP contribution in [0.15, 0.2) is 18.2 Å². The molecule has 0 fully saturated rings. The predicted molar refractivity (Wildman–Crippen MR) is 75.1 cm³/mol. The molecule has 0 radical (unpaired) electrons. The van der Waals surface area contributed by atoms with Gasteiger partial charge in [0.15, 0.2) is 0 Å². The third-order valence-corrected chi connectivity index (χ3v) is 3.52. The Kier molecular flexibility index (Phi) is 5.66. The minimum atomic E-state index is -2.98. The van der Waals surface area contributed by atoms with Crippen molar-refractivity contribution < 1.29 is 18.7 Å². The number of hydrogen-bond acceptors (Lipinski definition) is 1. The Bertz CT molecular complexity index is 470. The average molecular weight is 284 g/mol. The number of alkyl halides is 2. The van der Waals surface area contributed by atoms with Crippen molar-refractivity contribution in [1.29, 1.82) is 0 Å². The molecule has 0 saturated carbocycles. The Hall–Kier alpha value is -1.45. The van der Waals surface area contributed by atoms with E-state index in [4.69, 9.17) is 5.11 Å². The molecule has 0 spiro atoms. The first-order chi connectivity index (χ1) is 9.30. The minimum Gasteiger partial charge on any atom is -0.481 e. The molecule has 1 aromatic carbocycles. The fourth-order valence-corrected chi connectivity index (χ4v) is 2.45. The molecular weight excluding hydrogens is 262 g/mol. The number of aryl methyl sites for hydroxylation is 2. The number of carboxylic acids is 1. The second kappa shape index (κ2) is 6.82. The smallest absolute Gasteiger partial charge is 0.303 e. The van der Waals surface area contributed by atoms with Crippen LogP contribution in [0.3, 0.4) is 0 Å². The summed E-state index contributed by atoms with van der Waals surface area (Å²) in [5.74, 6) is -4.58. The van der Waals surface area contributed by atoms with Gasteiger partial charge in [-0.2, -0.15) is 0 Å². The van der Waals surface area contributed by atoms with Gasteiger partial charge in [0, 0.05) is 18.4 Å². The number of rotatable bonds is 7. The monoisotopic (exact) mass is 284 g/mol. The zero-order chi connectivity index (χ0) is 15.3. The molecule has 0 bridgehead atoms. The van der Waals surface area contributed by atoms with E-state index in [0.29, 0.717) is 0 Å². The van der Waals surface area contributed by atoms with E-state index in [1.807, 2.05) is 13.8 Å². The number of carbonyl (C=O) groups is 1. The Labute approximate surface area is 118 Å². The van der Waals surface area contributed by atoms with Crippen molar-refractivity contribution in [3.05, 3.63) is 34.9 Å². The van der Waals surface area contributed by atoms with Crippen LogP contribution in [0.4, 0.5) is 8.78 Å². The quantitative estimate of drug-likeness (QED) is 0.805. The minimum absolute atomic E-state index is 0.0104. The summed E-state index contributed by atoms with van der Waals surface area (Å²) in [4.78, 5) is 10.6. The third kappa shape index (κ3) is 4.29. The largest absolute Gasteiger partial charge is 0.481 e. The summed E-state index contributed by atoms with van der Waals surface area (Å²) in [6, 6.07) is 4.78. The molecule has 1 unspecified atom stereocenters. The molecule has 0 aromatic heterocycles. The van der Waals surface area contributed by atoms with Crippen LogP contribution in [0.1, 0.15) is 50.3 Å². The first-order valence-corrected chi connectivity index (χ1v) is 7.02. The molecule has 2 nitrogen and oxygen atoms in total. The van der Waals surface area contributed by atoms with Gasteiger partial charge in [-0.3, -0.25) is 4.79 Å². The van der Waals surface area contributed by atoms with Crippen LogP contribution in [-0.4, -0.2) is 11.1 Å². The van der Waals surface area contributed by atoms with E-state index in [9.17, 15) is 13.6 Å². The fraction of sp³-hybridized carbons (Fsp3) is 0.562. The van der Waals surface area contributed by atoms with Crippen molar-refractivity contribution in [3.8, 4) is 0 Å². The van der Waals surface area contributed by atoms with Crippen LogP contribution >= 0.6 is 0 Å². The average Bonchev–Trinajstić information content (AvgIpc) is 2.36. The van der Waals surface area contributed by atoms with Gasteiger partial charge in [0.05, 0.1) is 0 Å². The van der Waals surface area contributed by atoms with E-state index in [2.05, 4.69) is 0 Å². The number of benzene rings is 1. The first-order valence-electron chi connectivity index (χ1n) is 7.02. The Morgan fingerprint density at radius 1 is 1.25 bits per heavy atom. The van der Waals surface area contributed by atoms with Crippen LogP contribution in [0.25, 0.3) is 0 Å².